The summed E-state index contributed by atoms with van der Waals surface area (Å²) < 4.78 is 12.1. The van der Waals surface area contributed by atoms with E-state index in [2.05, 4.69) is 5.10 Å². The SMILES string of the molecule is COCCOCn1cc2c(cc(O)c3cc4c(cc32)CC(=O)C=C4)n1. The van der Waals surface area contributed by atoms with Gasteiger partial charge in [-0.05, 0) is 34.7 Å². The van der Waals surface area contributed by atoms with E-state index in [-0.39, 0.29) is 11.5 Å². The third-order valence-corrected chi connectivity index (χ3v) is 4.38. The zero-order valence-electron chi connectivity index (χ0n) is 13.9. The lowest BCUT2D eigenvalue weighted by atomic mass is 9.92. The summed E-state index contributed by atoms with van der Waals surface area (Å²) >= 11 is 0. The molecule has 1 aliphatic rings. The van der Waals surface area contributed by atoms with Crippen molar-refractivity contribution in [2.45, 2.75) is 13.2 Å². The Morgan fingerprint density at radius 3 is 2.88 bits per heavy atom. The minimum atomic E-state index is 0.0884. The minimum Gasteiger partial charge on any atom is -0.507 e. The molecule has 0 radical (unpaired) electrons. The van der Waals surface area contributed by atoms with Crippen LogP contribution in [0.3, 0.4) is 0 Å². The number of aromatic hydroxyl groups is 1. The van der Waals surface area contributed by atoms with Crippen LogP contribution in [0.25, 0.3) is 27.8 Å². The van der Waals surface area contributed by atoms with Gasteiger partial charge < -0.3 is 14.6 Å². The predicted molar refractivity (Wildman–Crippen MR) is 94.5 cm³/mol. The van der Waals surface area contributed by atoms with Gasteiger partial charge in [-0.1, -0.05) is 6.08 Å². The highest BCUT2D eigenvalue weighted by atomic mass is 16.5. The molecule has 128 valence electrons. The van der Waals surface area contributed by atoms with Crippen LogP contribution in [0.1, 0.15) is 11.1 Å². The monoisotopic (exact) mass is 338 g/mol. The summed E-state index contributed by atoms with van der Waals surface area (Å²) in [7, 11) is 1.63. The average Bonchev–Trinajstić information content (AvgIpc) is 3.00. The van der Waals surface area contributed by atoms with Crippen LogP contribution in [0.4, 0.5) is 0 Å². The summed E-state index contributed by atoms with van der Waals surface area (Å²) in [5, 5.41) is 17.4. The van der Waals surface area contributed by atoms with Crippen LogP contribution < -0.4 is 0 Å². The molecule has 4 rings (SSSR count). The first kappa shape index (κ1) is 15.8. The molecule has 0 saturated carbocycles. The molecular weight excluding hydrogens is 320 g/mol. The summed E-state index contributed by atoms with van der Waals surface area (Å²) in [5.41, 5.74) is 2.63. The molecule has 0 aliphatic heterocycles. The van der Waals surface area contributed by atoms with Gasteiger partial charge in [-0.3, -0.25) is 4.79 Å². The molecule has 25 heavy (non-hydrogen) atoms. The molecule has 3 aromatic rings. The van der Waals surface area contributed by atoms with Crippen LogP contribution in [0.5, 0.6) is 5.75 Å². The summed E-state index contributed by atoms with van der Waals surface area (Å²) in [6.45, 7) is 1.32. The second-order valence-electron chi connectivity index (χ2n) is 6.10. The number of ether oxygens (including phenoxy) is 2. The smallest absolute Gasteiger partial charge is 0.160 e. The van der Waals surface area contributed by atoms with E-state index in [0.717, 1.165) is 27.3 Å². The van der Waals surface area contributed by atoms with Crippen LogP contribution in [0.15, 0.2) is 30.5 Å². The number of hydrogen-bond donors (Lipinski definition) is 1. The van der Waals surface area contributed by atoms with Crippen LogP contribution in [0.2, 0.25) is 0 Å². The Morgan fingerprint density at radius 1 is 1.16 bits per heavy atom. The van der Waals surface area contributed by atoms with E-state index >= 15 is 0 Å². The van der Waals surface area contributed by atoms with E-state index in [0.29, 0.717) is 31.9 Å². The van der Waals surface area contributed by atoms with Crippen molar-refractivity contribution in [1.82, 2.24) is 9.78 Å². The maximum absolute atomic E-state index is 11.7. The number of ketones is 1. The van der Waals surface area contributed by atoms with Gasteiger partial charge in [0.15, 0.2) is 5.78 Å². The van der Waals surface area contributed by atoms with Crippen molar-refractivity contribution in [2.75, 3.05) is 20.3 Å². The van der Waals surface area contributed by atoms with Gasteiger partial charge in [0.25, 0.3) is 0 Å². The number of methoxy groups -OCH3 is 1. The van der Waals surface area contributed by atoms with E-state index in [1.807, 2.05) is 18.3 Å². The van der Waals surface area contributed by atoms with Gasteiger partial charge in [0, 0.05) is 36.6 Å². The quantitative estimate of drug-likeness (QED) is 0.724. The number of nitrogens with zero attached hydrogens (tertiary/aromatic N) is 2. The highest BCUT2D eigenvalue weighted by Gasteiger charge is 2.16. The van der Waals surface area contributed by atoms with Gasteiger partial charge >= 0.3 is 0 Å². The fraction of sp³-hybridized carbons (Fsp3) is 0.263. The number of allylic oxidation sites excluding steroid dienone is 1. The number of rotatable bonds is 5. The standard InChI is InChI=1S/C19H18N2O4/c1-24-4-5-25-11-21-10-17-15-8-13-6-14(22)3-2-12(13)7-16(15)19(23)9-18(17)20-21/h2-3,7-10,23H,4-6,11H2,1H3. The average molecular weight is 338 g/mol. The van der Waals surface area contributed by atoms with Crippen molar-refractivity contribution >= 4 is 33.5 Å². The molecule has 1 aliphatic carbocycles. The lowest BCUT2D eigenvalue weighted by molar-refractivity contribution is -0.114. The fourth-order valence-corrected chi connectivity index (χ4v) is 3.16. The van der Waals surface area contributed by atoms with Crippen molar-refractivity contribution in [2.24, 2.45) is 0 Å². The zero-order valence-corrected chi connectivity index (χ0v) is 13.9. The Kier molecular flexibility index (Phi) is 3.99. The summed E-state index contributed by atoms with van der Waals surface area (Å²) in [6, 6.07) is 5.56. The normalized spacial score (nSPS) is 13.7. The van der Waals surface area contributed by atoms with Gasteiger partial charge in [0.2, 0.25) is 0 Å². The molecule has 0 atom stereocenters. The zero-order chi connectivity index (χ0) is 17.4. The topological polar surface area (TPSA) is 73.6 Å². The molecule has 0 saturated heterocycles. The molecule has 0 spiro atoms. The van der Waals surface area contributed by atoms with E-state index in [1.165, 1.54) is 0 Å². The largest absolute Gasteiger partial charge is 0.507 e. The molecule has 0 amide bonds. The van der Waals surface area contributed by atoms with Gasteiger partial charge in [-0.2, -0.15) is 5.10 Å². The summed E-state index contributed by atoms with van der Waals surface area (Å²) in [5.74, 6) is 0.270. The molecule has 0 bridgehead atoms. The molecule has 1 N–H and O–H groups in total. The molecule has 0 fully saturated rings. The van der Waals surface area contributed by atoms with Crippen molar-refractivity contribution in [3.05, 3.63) is 41.6 Å². The number of aromatic nitrogens is 2. The molecule has 1 aromatic heterocycles. The Morgan fingerprint density at radius 2 is 2.04 bits per heavy atom. The van der Waals surface area contributed by atoms with Gasteiger partial charge in [-0.15, -0.1) is 0 Å². The molecular formula is C19H18N2O4. The van der Waals surface area contributed by atoms with E-state index < -0.39 is 0 Å². The number of phenolic OH excluding ortho intramolecular Hbond substituents is 1. The van der Waals surface area contributed by atoms with Crippen molar-refractivity contribution in [1.29, 1.82) is 0 Å². The van der Waals surface area contributed by atoms with E-state index in [1.54, 1.807) is 30.0 Å². The highest BCUT2D eigenvalue weighted by molar-refractivity contribution is 6.11. The van der Waals surface area contributed by atoms with Crippen molar-refractivity contribution in [3.8, 4) is 5.75 Å². The number of benzene rings is 2. The van der Waals surface area contributed by atoms with E-state index in [9.17, 15) is 9.90 Å². The van der Waals surface area contributed by atoms with Crippen LogP contribution >= 0.6 is 0 Å². The molecule has 0 unspecified atom stereocenters. The number of hydrogen-bond acceptors (Lipinski definition) is 5. The number of phenols is 1. The van der Waals surface area contributed by atoms with Crippen LogP contribution in [0, 0.1) is 0 Å². The lowest BCUT2D eigenvalue weighted by Gasteiger charge is -2.12. The van der Waals surface area contributed by atoms with Gasteiger partial charge in [0.05, 0.1) is 18.7 Å². The minimum absolute atomic E-state index is 0.0884. The Labute approximate surface area is 144 Å². The summed E-state index contributed by atoms with van der Waals surface area (Å²) in [4.78, 5) is 11.7. The Balaban J connectivity index is 1.79. The predicted octanol–water partition coefficient (Wildman–Crippen LogP) is 2.65. The number of carbonyl (C=O) groups excluding carboxylic acids is 1. The molecule has 6 nitrogen and oxygen atoms in total. The number of fused-ring (bicyclic) bond motifs is 4. The third-order valence-electron chi connectivity index (χ3n) is 4.38. The lowest BCUT2D eigenvalue weighted by Crippen LogP contribution is -2.07. The maximum Gasteiger partial charge on any atom is 0.160 e. The summed E-state index contributed by atoms with van der Waals surface area (Å²) in [6.07, 6.45) is 5.67. The fourth-order valence-electron chi connectivity index (χ4n) is 3.16. The first-order valence-corrected chi connectivity index (χ1v) is 8.09. The van der Waals surface area contributed by atoms with Gasteiger partial charge in [0.1, 0.15) is 12.5 Å². The third kappa shape index (κ3) is 2.90. The Hall–Kier alpha value is -2.70. The molecule has 6 heteroatoms. The number of carbonyl (C=O) groups is 1. The van der Waals surface area contributed by atoms with E-state index in [4.69, 9.17) is 9.47 Å². The molecule has 1 heterocycles. The first-order chi connectivity index (χ1) is 12.2. The molecule has 2 aromatic carbocycles. The Bertz CT molecular complexity index is 1000. The highest BCUT2D eigenvalue weighted by Crippen LogP contribution is 2.35. The van der Waals surface area contributed by atoms with Crippen LogP contribution in [-0.4, -0.2) is 41.0 Å². The van der Waals surface area contributed by atoms with Crippen molar-refractivity contribution in [3.63, 3.8) is 0 Å². The van der Waals surface area contributed by atoms with Crippen LogP contribution in [-0.2, 0) is 27.4 Å². The second kappa shape index (κ2) is 6.31. The second-order valence-corrected chi connectivity index (χ2v) is 6.10. The van der Waals surface area contributed by atoms with Crippen molar-refractivity contribution < 1.29 is 19.4 Å². The van der Waals surface area contributed by atoms with Gasteiger partial charge in [-0.25, -0.2) is 4.68 Å². The first-order valence-electron chi connectivity index (χ1n) is 8.09. The maximum atomic E-state index is 11.7.